The molecule has 0 aliphatic rings. The molecule has 1 amide bonds. The fraction of sp³-hybridized carbons (Fsp3) is 0. The third kappa shape index (κ3) is 3.60. The molecule has 1 N–H and O–H groups in total. The van der Waals surface area contributed by atoms with Gasteiger partial charge in [0.25, 0.3) is 6.29 Å². The van der Waals surface area contributed by atoms with Crippen molar-refractivity contribution in [2.75, 3.05) is 0 Å². The quantitative estimate of drug-likeness (QED) is 0.747. The van der Waals surface area contributed by atoms with E-state index in [-0.39, 0.29) is 5.70 Å². The second kappa shape index (κ2) is 5.54. The maximum atomic E-state index is 10.9. The number of carbonyl (C=O) groups is 1. The smallest absolute Gasteiger partial charge is 0.251 e. The van der Waals surface area contributed by atoms with E-state index in [1.54, 1.807) is 6.29 Å². The zero-order chi connectivity index (χ0) is 11.1. The van der Waals surface area contributed by atoms with Gasteiger partial charge < -0.3 is 5.32 Å². The summed E-state index contributed by atoms with van der Waals surface area (Å²) < 4.78 is 0. The summed E-state index contributed by atoms with van der Waals surface area (Å²) in [5, 5.41) is 2.35. The number of nitrogens with one attached hydrogen (secondary N) is 1. The van der Waals surface area contributed by atoms with Crippen molar-refractivity contribution in [3.8, 4) is 0 Å². The van der Waals surface area contributed by atoms with Crippen molar-refractivity contribution in [2.45, 2.75) is 0 Å². The molecular weight excluding hydrogens is 190 g/mol. The molecule has 3 heteroatoms. The highest BCUT2D eigenvalue weighted by atomic mass is 16.2. The fourth-order valence-electron chi connectivity index (χ4n) is 0.991. The topological polar surface area (TPSA) is 46.2 Å². The number of allylic oxidation sites excluding steroid dienone is 1. The molecule has 0 unspecified atom stereocenters. The summed E-state index contributed by atoms with van der Waals surface area (Å²) in [6.45, 7) is 3.29. The van der Waals surface area contributed by atoms with E-state index in [1.165, 1.54) is 6.08 Å². The highest BCUT2D eigenvalue weighted by Gasteiger charge is 1.99. The van der Waals surface area contributed by atoms with Gasteiger partial charge in [-0.05, 0) is 17.7 Å². The summed E-state index contributed by atoms with van der Waals surface area (Å²) in [5.74, 6) is -0.430. The Morgan fingerprint density at radius 2 is 2.00 bits per heavy atom. The predicted molar refractivity (Wildman–Crippen MR) is 58.5 cm³/mol. The van der Waals surface area contributed by atoms with Crippen LogP contribution in [0.2, 0.25) is 0 Å². The van der Waals surface area contributed by atoms with Crippen LogP contribution in [0, 0.1) is 0 Å². The second-order valence-corrected chi connectivity index (χ2v) is 2.76. The van der Waals surface area contributed by atoms with Gasteiger partial charge in [0.1, 0.15) is 0 Å². The van der Waals surface area contributed by atoms with Crippen LogP contribution in [0.15, 0.2) is 48.7 Å². The van der Waals surface area contributed by atoms with Crippen molar-refractivity contribution in [3.63, 3.8) is 0 Å². The average Bonchev–Trinajstić information content (AvgIpc) is 2.29. The van der Waals surface area contributed by atoms with Crippen LogP contribution in [0.1, 0.15) is 5.56 Å². The zero-order valence-electron chi connectivity index (χ0n) is 8.07. The highest BCUT2D eigenvalue weighted by Crippen LogP contribution is 2.03. The van der Waals surface area contributed by atoms with Gasteiger partial charge in [0, 0.05) is 0 Å². The minimum absolute atomic E-state index is 0.0890. The van der Waals surface area contributed by atoms with Crippen molar-refractivity contribution in [1.82, 2.24) is 5.32 Å². The first-order valence-corrected chi connectivity index (χ1v) is 4.34. The molecule has 0 saturated carbocycles. The first kappa shape index (κ1) is 10.9. The number of hydrogen-bond acceptors (Lipinski definition) is 2. The molecule has 1 aromatic rings. The highest BCUT2D eigenvalue weighted by molar-refractivity contribution is 5.95. The fourth-order valence-corrected chi connectivity index (χ4v) is 0.991. The number of rotatable bonds is 4. The lowest BCUT2D eigenvalue weighted by atomic mass is 10.2. The Morgan fingerprint density at radius 1 is 1.33 bits per heavy atom. The number of benzene rings is 1. The number of amides is 1. The summed E-state index contributed by atoms with van der Waals surface area (Å²) in [6.07, 6.45) is 4.28. The molecule has 0 fully saturated rings. The van der Waals surface area contributed by atoms with E-state index in [2.05, 4.69) is 11.9 Å². The maximum Gasteiger partial charge on any atom is 0.251 e. The van der Waals surface area contributed by atoms with E-state index in [0.717, 1.165) is 11.6 Å². The molecule has 0 aromatic heterocycles. The Labute approximate surface area is 88.1 Å². The van der Waals surface area contributed by atoms with E-state index in [4.69, 9.17) is 0 Å². The summed E-state index contributed by atoms with van der Waals surface area (Å²) in [5.41, 5.74) is 0.909. The first-order valence-electron chi connectivity index (χ1n) is 4.34. The Kier molecular flexibility index (Phi) is 4.04. The Bertz CT molecular complexity index is 393. The monoisotopic (exact) mass is 200 g/mol. The maximum absolute atomic E-state index is 10.9. The van der Waals surface area contributed by atoms with E-state index in [0.29, 0.717) is 0 Å². The molecule has 0 aliphatic heterocycles. The van der Waals surface area contributed by atoms with Gasteiger partial charge in [0.05, 0.1) is 5.70 Å². The van der Waals surface area contributed by atoms with Gasteiger partial charge in [0.15, 0.2) is 0 Å². The molecule has 1 aromatic carbocycles. The van der Waals surface area contributed by atoms with Crippen molar-refractivity contribution < 1.29 is 9.59 Å². The van der Waals surface area contributed by atoms with Crippen molar-refractivity contribution in [1.29, 1.82) is 0 Å². The van der Waals surface area contributed by atoms with Gasteiger partial charge in [0.2, 0.25) is 5.91 Å². The van der Waals surface area contributed by atoms with Gasteiger partial charge >= 0.3 is 0 Å². The van der Waals surface area contributed by atoms with E-state index in [1.807, 2.05) is 30.3 Å². The Hall–Kier alpha value is -2.16. The Balaban J connectivity index is 2.83. The van der Waals surface area contributed by atoms with Crippen LogP contribution < -0.4 is 5.32 Å². The normalized spacial score (nSPS) is 10.5. The van der Waals surface area contributed by atoms with Gasteiger partial charge in [-0.1, -0.05) is 36.9 Å². The van der Waals surface area contributed by atoms with Gasteiger partial charge in [-0.2, -0.15) is 0 Å². The number of hydrogen-bond donors (Lipinski definition) is 1. The zero-order valence-corrected chi connectivity index (χ0v) is 8.07. The summed E-state index contributed by atoms with van der Waals surface area (Å²) in [4.78, 5) is 21.4. The van der Waals surface area contributed by atoms with Crippen LogP contribution >= 0.6 is 0 Å². The largest absolute Gasteiger partial charge is 0.319 e. The summed E-state index contributed by atoms with van der Waals surface area (Å²) in [7, 11) is 0. The van der Waals surface area contributed by atoms with E-state index in [9.17, 15) is 9.59 Å². The molecule has 0 aliphatic carbocycles. The molecule has 3 nitrogen and oxygen atoms in total. The molecule has 0 spiro atoms. The summed E-state index contributed by atoms with van der Waals surface area (Å²) in [6, 6.07) is 9.17. The third-order valence-electron chi connectivity index (χ3n) is 1.66. The molecule has 0 heterocycles. The number of carbonyl (C=O) groups excluding carboxylic acids is 2. The first-order chi connectivity index (χ1) is 7.26. The Morgan fingerprint density at radius 3 is 2.53 bits per heavy atom. The molecule has 0 saturated heterocycles. The van der Waals surface area contributed by atoms with Crippen molar-refractivity contribution >= 4 is 18.3 Å². The summed E-state index contributed by atoms with van der Waals surface area (Å²) >= 11 is 0. The van der Waals surface area contributed by atoms with Crippen LogP contribution in [0.3, 0.4) is 0 Å². The lowest BCUT2D eigenvalue weighted by Crippen LogP contribution is -2.20. The average molecular weight is 200 g/mol. The van der Waals surface area contributed by atoms with Gasteiger partial charge in [-0.25, -0.2) is 0 Å². The lowest BCUT2D eigenvalue weighted by Gasteiger charge is -1.99. The second-order valence-electron chi connectivity index (χ2n) is 2.76. The molecule has 0 bridgehead atoms. The van der Waals surface area contributed by atoms with Crippen LogP contribution in [0.4, 0.5) is 0 Å². The van der Waals surface area contributed by atoms with Gasteiger partial charge in [-0.15, -0.1) is 0 Å². The van der Waals surface area contributed by atoms with Crippen LogP contribution in [-0.4, -0.2) is 12.2 Å². The van der Waals surface area contributed by atoms with E-state index < -0.39 is 5.91 Å². The molecule has 1 radical (unpaired) electrons. The van der Waals surface area contributed by atoms with Crippen molar-refractivity contribution in [2.24, 2.45) is 0 Å². The van der Waals surface area contributed by atoms with Crippen LogP contribution in [0.5, 0.6) is 0 Å². The predicted octanol–water partition coefficient (Wildman–Crippen LogP) is 1.44. The molecule has 0 atom stereocenters. The minimum atomic E-state index is -0.430. The van der Waals surface area contributed by atoms with Crippen LogP contribution in [0.25, 0.3) is 6.08 Å². The van der Waals surface area contributed by atoms with Crippen molar-refractivity contribution in [3.05, 3.63) is 54.2 Å². The third-order valence-corrected chi connectivity index (χ3v) is 1.66. The van der Waals surface area contributed by atoms with Gasteiger partial charge in [-0.3, -0.25) is 9.59 Å². The molecule has 75 valence electrons. The SMILES string of the molecule is C=CC(=O)NC([C]=O)=Cc1ccccc1. The molecular formula is C12H10NO2. The molecule has 1 rings (SSSR count). The minimum Gasteiger partial charge on any atom is -0.319 e. The van der Waals surface area contributed by atoms with Crippen LogP contribution in [-0.2, 0) is 9.59 Å². The molecule has 15 heavy (non-hydrogen) atoms. The lowest BCUT2D eigenvalue weighted by molar-refractivity contribution is -0.115. The van der Waals surface area contributed by atoms with E-state index >= 15 is 0 Å². The standard InChI is InChI=1S/C12H10NO2/c1-2-12(15)13-11(9-14)8-10-6-4-3-5-7-10/h2-8H,1H2,(H,13,15).